The Bertz CT molecular complexity index is 275. The van der Waals surface area contributed by atoms with Crippen molar-refractivity contribution < 1.29 is 9.59 Å². The van der Waals surface area contributed by atoms with Crippen molar-refractivity contribution in [3.63, 3.8) is 0 Å². The van der Waals surface area contributed by atoms with Crippen LogP contribution < -0.4 is 11.1 Å². The van der Waals surface area contributed by atoms with Crippen molar-refractivity contribution >= 4 is 11.8 Å². The normalized spacial score (nSPS) is 17.3. The van der Waals surface area contributed by atoms with E-state index in [2.05, 4.69) is 5.32 Å². The monoisotopic (exact) mass is 255 g/mol. The molecule has 0 aromatic carbocycles. The van der Waals surface area contributed by atoms with Crippen LogP contribution in [0.25, 0.3) is 0 Å². The predicted octanol–water partition coefficient (Wildman–Crippen LogP) is 0.633. The molecule has 3 N–H and O–H groups in total. The van der Waals surface area contributed by atoms with Gasteiger partial charge in [-0.3, -0.25) is 9.59 Å². The molecule has 0 aliphatic carbocycles. The highest BCUT2D eigenvalue weighted by Crippen LogP contribution is 2.09. The lowest BCUT2D eigenvalue weighted by atomic mass is 10.1. The number of nitrogens with two attached hydrogens (primary N) is 1. The van der Waals surface area contributed by atoms with Crippen LogP contribution >= 0.6 is 0 Å². The zero-order chi connectivity index (χ0) is 13.4. The average Bonchev–Trinajstić information content (AvgIpc) is 2.39. The third-order valence-corrected chi connectivity index (χ3v) is 3.28. The minimum atomic E-state index is -0.444. The predicted molar refractivity (Wildman–Crippen MR) is 70.9 cm³/mol. The second-order valence-corrected chi connectivity index (χ2v) is 4.88. The molecule has 0 saturated carbocycles. The van der Waals surface area contributed by atoms with Gasteiger partial charge in [-0.05, 0) is 25.7 Å². The Morgan fingerprint density at radius 3 is 2.56 bits per heavy atom. The van der Waals surface area contributed by atoms with Gasteiger partial charge >= 0.3 is 0 Å². The molecule has 1 heterocycles. The summed E-state index contributed by atoms with van der Waals surface area (Å²) >= 11 is 0. The summed E-state index contributed by atoms with van der Waals surface area (Å²) in [6, 6.07) is -0.444. The van der Waals surface area contributed by atoms with Crippen LogP contribution in [0.5, 0.6) is 0 Å². The van der Waals surface area contributed by atoms with E-state index in [0.29, 0.717) is 19.4 Å². The summed E-state index contributed by atoms with van der Waals surface area (Å²) in [4.78, 5) is 25.2. The molecule has 2 amide bonds. The maximum absolute atomic E-state index is 11.8. The number of nitrogens with one attached hydrogen (secondary N) is 1. The summed E-state index contributed by atoms with van der Waals surface area (Å²) in [5.41, 5.74) is 5.68. The zero-order valence-electron chi connectivity index (χ0n) is 11.3. The fraction of sp³-hybridized carbons (Fsp3) is 0.846. The lowest BCUT2D eigenvalue weighted by Gasteiger charge is -2.26. The molecule has 1 rings (SSSR count). The standard InChI is InChI=1S/C13H25N3O2/c1-2-6-11(14)13(18)15-8-7-12(17)16-9-4-3-5-10-16/h11H,2-10,14H2,1H3,(H,15,18)/t11-/m1/s1. The number of likely N-dealkylation sites (tertiary alicyclic amines) is 1. The SMILES string of the molecule is CCC[C@@H](N)C(=O)NCCC(=O)N1CCCCC1. The molecule has 0 radical (unpaired) electrons. The summed E-state index contributed by atoms with van der Waals surface area (Å²) in [6.45, 7) is 4.11. The highest BCUT2D eigenvalue weighted by Gasteiger charge is 2.17. The molecule has 5 nitrogen and oxygen atoms in total. The Labute approximate surface area is 109 Å². The first-order chi connectivity index (χ1) is 8.65. The van der Waals surface area contributed by atoms with Crippen LogP contribution in [0, 0.1) is 0 Å². The summed E-state index contributed by atoms with van der Waals surface area (Å²) in [5.74, 6) is -0.0117. The second-order valence-electron chi connectivity index (χ2n) is 4.88. The first-order valence-corrected chi connectivity index (χ1v) is 6.96. The molecule has 0 aromatic heterocycles. The van der Waals surface area contributed by atoms with Gasteiger partial charge in [-0.2, -0.15) is 0 Å². The number of piperidine rings is 1. The molecule has 0 spiro atoms. The van der Waals surface area contributed by atoms with Crippen molar-refractivity contribution in [3.8, 4) is 0 Å². The van der Waals surface area contributed by atoms with Crippen molar-refractivity contribution in [2.75, 3.05) is 19.6 Å². The van der Waals surface area contributed by atoms with Crippen LogP contribution in [0.1, 0.15) is 45.4 Å². The lowest BCUT2D eigenvalue weighted by Crippen LogP contribution is -2.42. The summed E-state index contributed by atoms with van der Waals surface area (Å²) in [7, 11) is 0. The number of carbonyl (C=O) groups excluding carboxylic acids is 2. The largest absolute Gasteiger partial charge is 0.354 e. The van der Waals surface area contributed by atoms with Gasteiger partial charge in [0.05, 0.1) is 6.04 Å². The number of carbonyl (C=O) groups is 2. The van der Waals surface area contributed by atoms with E-state index in [1.165, 1.54) is 6.42 Å². The summed E-state index contributed by atoms with van der Waals surface area (Å²) < 4.78 is 0. The first kappa shape index (κ1) is 15.0. The van der Waals surface area contributed by atoms with Crippen molar-refractivity contribution in [1.29, 1.82) is 0 Å². The molecule has 1 aliphatic rings. The molecule has 18 heavy (non-hydrogen) atoms. The minimum absolute atomic E-state index is 0.138. The molecule has 1 atom stereocenters. The van der Waals surface area contributed by atoms with E-state index in [9.17, 15) is 9.59 Å². The molecule has 0 unspecified atom stereocenters. The molecule has 0 aromatic rings. The van der Waals surface area contributed by atoms with Crippen molar-refractivity contribution in [2.24, 2.45) is 5.73 Å². The molecule has 1 aliphatic heterocycles. The van der Waals surface area contributed by atoms with Gasteiger partial charge < -0.3 is 16.0 Å². The Morgan fingerprint density at radius 1 is 1.28 bits per heavy atom. The van der Waals surface area contributed by atoms with Gasteiger partial charge in [0.15, 0.2) is 0 Å². The van der Waals surface area contributed by atoms with Crippen molar-refractivity contribution in [2.45, 2.75) is 51.5 Å². The number of hydrogen-bond donors (Lipinski definition) is 2. The van der Waals surface area contributed by atoms with E-state index < -0.39 is 6.04 Å². The van der Waals surface area contributed by atoms with E-state index in [4.69, 9.17) is 5.73 Å². The Balaban J connectivity index is 2.16. The molecule has 1 fully saturated rings. The fourth-order valence-corrected chi connectivity index (χ4v) is 2.17. The molecule has 104 valence electrons. The maximum atomic E-state index is 11.8. The third-order valence-electron chi connectivity index (χ3n) is 3.28. The van der Waals surface area contributed by atoms with Gasteiger partial charge in [0.1, 0.15) is 0 Å². The molecular formula is C13H25N3O2. The van der Waals surface area contributed by atoms with Gasteiger partial charge in [0.2, 0.25) is 11.8 Å². The van der Waals surface area contributed by atoms with Gasteiger partial charge in [0, 0.05) is 26.1 Å². The van der Waals surface area contributed by atoms with Crippen LogP contribution in [0.3, 0.4) is 0 Å². The lowest BCUT2D eigenvalue weighted by molar-refractivity contribution is -0.132. The van der Waals surface area contributed by atoms with E-state index in [1.54, 1.807) is 0 Å². The highest BCUT2D eigenvalue weighted by molar-refractivity contribution is 5.82. The van der Waals surface area contributed by atoms with E-state index in [-0.39, 0.29) is 11.8 Å². The van der Waals surface area contributed by atoms with Gasteiger partial charge in [-0.25, -0.2) is 0 Å². The first-order valence-electron chi connectivity index (χ1n) is 6.96. The highest BCUT2D eigenvalue weighted by atomic mass is 16.2. The fourth-order valence-electron chi connectivity index (χ4n) is 2.17. The topological polar surface area (TPSA) is 75.4 Å². The van der Waals surface area contributed by atoms with Crippen LogP contribution in [-0.2, 0) is 9.59 Å². The Kier molecular flexibility index (Phi) is 6.72. The average molecular weight is 255 g/mol. The number of nitrogens with zero attached hydrogens (tertiary/aromatic N) is 1. The Hall–Kier alpha value is -1.10. The number of rotatable bonds is 6. The third kappa shape index (κ3) is 5.04. The number of amides is 2. The summed E-state index contributed by atoms with van der Waals surface area (Å²) in [6.07, 6.45) is 5.36. The molecule has 0 bridgehead atoms. The number of hydrogen-bond acceptors (Lipinski definition) is 3. The second kappa shape index (κ2) is 8.08. The molecule has 1 saturated heterocycles. The van der Waals surface area contributed by atoms with Crippen LogP contribution in [0.4, 0.5) is 0 Å². The van der Waals surface area contributed by atoms with Crippen LogP contribution in [-0.4, -0.2) is 42.4 Å². The molecule has 5 heteroatoms. The quantitative estimate of drug-likeness (QED) is 0.731. The maximum Gasteiger partial charge on any atom is 0.236 e. The van der Waals surface area contributed by atoms with Crippen molar-refractivity contribution in [3.05, 3.63) is 0 Å². The minimum Gasteiger partial charge on any atom is -0.354 e. The van der Waals surface area contributed by atoms with Gasteiger partial charge in [-0.15, -0.1) is 0 Å². The van der Waals surface area contributed by atoms with E-state index >= 15 is 0 Å². The van der Waals surface area contributed by atoms with Gasteiger partial charge in [0.25, 0.3) is 0 Å². The molecular weight excluding hydrogens is 230 g/mol. The smallest absolute Gasteiger partial charge is 0.236 e. The van der Waals surface area contributed by atoms with Crippen molar-refractivity contribution in [1.82, 2.24) is 10.2 Å². The summed E-state index contributed by atoms with van der Waals surface area (Å²) in [5, 5.41) is 2.73. The van der Waals surface area contributed by atoms with Crippen LogP contribution in [0.15, 0.2) is 0 Å². The van der Waals surface area contributed by atoms with E-state index in [1.807, 2.05) is 11.8 Å². The van der Waals surface area contributed by atoms with E-state index in [0.717, 1.165) is 32.4 Å². The zero-order valence-corrected chi connectivity index (χ0v) is 11.3. The Morgan fingerprint density at radius 2 is 1.94 bits per heavy atom. The van der Waals surface area contributed by atoms with Crippen LogP contribution in [0.2, 0.25) is 0 Å². The van der Waals surface area contributed by atoms with Gasteiger partial charge in [-0.1, -0.05) is 13.3 Å².